The molecule has 0 bridgehead atoms. The summed E-state index contributed by atoms with van der Waals surface area (Å²) in [7, 11) is 0. The van der Waals surface area contributed by atoms with Gasteiger partial charge in [-0.25, -0.2) is 9.78 Å². The molecule has 2 aromatic rings. The second kappa shape index (κ2) is 5.11. The lowest BCUT2D eigenvalue weighted by molar-refractivity contribution is 0.0241. The first-order chi connectivity index (χ1) is 9.92. The first-order valence-corrected chi connectivity index (χ1v) is 7.61. The Morgan fingerprint density at radius 3 is 2.81 bits per heavy atom. The third-order valence-corrected chi connectivity index (χ3v) is 4.14. The summed E-state index contributed by atoms with van der Waals surface area (Å²) in [6.07, 6.45) is 3.27. The quantitative estimate of drug-likeness (QED) is 0.809. The van der Waals surface area contributed by atoms with Crippen LogP contribution in [-0.2, 0) is 17.8 Å². The molecular weight excluding hydrogens is 286 g/mol. The molecule has 1 aliphatic heterocycles. The zero-order chi connectivity index (χ0) is 15.0. The fraction of sp³-hybridized carbons (Fsp3) is 0.400. The van der Waals surface area contributed by atoms with Gasteiger partial charge in [-0.15, -0.1) is 11.3 Å². The van der Waals surface area contributed by atoms with Crippen molar-refractivity contribution in [2.45, 2.75) is 39.5 Å². The SMILES string of the molecule is CC(C)(C)OC(=O)N1Cc2nc(-c3cccnc3)sc2C1. The maximum atomic E-state index is 12.1. The zero-order valence-electron chi connectivity index (χ0n) is 12.3. The highest BCUT2D eigenvalue weighted by atomic mass is 32.1. The summed E-state index contributed by atoms with van der Waals surface area (Å²) >= 11 is 1.61. The molecule has 0 fully saturated rings. The van der Waals surface area contributed by atoms with E-state index >= 15 is 0 Å². The summed E-state index contributed by atoms with van der Waals surface area (Å²) in [6, 6.07) is 3.89. The average Bonchev–Trinajstić information content (AvgIpc) is 2.95. The molecule has 0 aromatic carbocycles. The second-order valence-corrected chi connectivity index (χ2v) is 7.05. The zero-order valence-corrected chi connectivity index (χ0v) is 13.1. The number of amides is 1. The summed E-state index contributed by atoms with van der Waals surface area (Å²) in [5.74, 6) is 0. The predicted octanol–water partition coefficient (Wildman–Crippen LogP) is 3.46. The van der Waals surface area contributed by atoms with E-state index in [1.54, 1.807) is 28.6 Å². The van der Waals surface area contributed by atoms with Crippen molar-refractivity contribution in [3.8, 4) is 10.6 Å². The van der Waals surface area contributed by atoms with E-state index in [2.05, 4.69) is 9.97 Å². The van der Waals surface area contributed by atoms with E-state index < -0.39 is 5.60 Å². The van der Waals surface area contributed by atoms with E-state index in [1.165, 1.54) is 0 Å². The van der Waals surface area contributed by atoms with E-state index in [9.17, 15) is 4.79 Å². The van der Waals surface area contributed by atoms with Crippen LogP contribution in [0.25, 0.3) is 10.6 Å². The number of carbonyl (C=O) groups is 1. The molecule has 0 N–H and O–H groups in total. The molecule has 5 nitrogen and oxygen atoms in total. The lowest BCUT2D eigenvalue weighted by Crippen LogP contribution is -2.33. The third kappa shape index (κ3) is 3.05. The highest BCUT2D eigenvalue weighted by Gasteiger charge is 2.30. The molecule has 3 rings (SSSR count). The summed E-state index contributed by atoms with van der Waals surface area (Å²) in [5, 5.41) is 0.955. The normalized spacial score (nSPS) is 14.1. The van der Waals surface area contributed by atoms with Crippen LogP contribution in [0.4, 0.5) is 4.79 Å². The maximum absolute atomic E-state index is 12.1. The van der Waals surface area contributed by atoms with Gasteiger partial charge in [0.2, 0.25) is 0 Å². The average molecular weight is 303 g/mol. The predicted molar refractivity (Wildman–Crippen MR) is 80.8 cm³/mol. The van der Waals surface area contributed by atoms with E-state index in [-0.39, 0.29) is 6.09 Å². The minimum absolute atomic E-state index is 0.282. The van der Waals surface area contributed by atoms with Crippen molar-refractivity contribution < 1.29 is 9.53 Å². The Morgan fingerprint density at radius 1 is 1.38 bits per heavy atom. The van der Waals surface area contributed by atoms with Crippen molar-refractivity contribution in [2.24, 2.45) is 0 Å². The lowest BCUT2D eigenvalue weighted by atomic mass is 10.2. The highest BCUT2D eigenvalue weighted by Crippen LogP contribution is 2.33. The van der Waals surface area contributed by atoms with Crippen molar-refractivity contribution in [2.75, 3.05) is 0 Å². The van der Waals surface area contributed by atoms with Gasteiger partial charge < -0.3 is 4.74 Å². The van der Waals surface area contributed by atoms with Crippen LogP contribution in [0.1, 0.15) is 31.3 Å². The maximum Gasteiger partial charge on any atom is 0.410 e. The fourth-order valence-corrected chi connectivity index (χ4v) is 3.18. The Balaban J connectivity index is 1.73. The van der Waals surface area contributed by atoms with Gasteiger partial charge in [-0.05, 0) is 32.9 Å². The minimum Gasteiger partial charge on any atom is -0.444 e. The number of ether oxygens (including phenoxy) is 1. The molecule has 0 saturated carbocycles. The summed E-state index contributed by atoms with van der Waals surface area (Å²) in [5.41, 5.74) is 1.51. The molecule has 21 heavy (non-hydrogen) atoms. The van der Waals surface area contributed by atoms with Crippen molar-refractivity contribution in [3.05, 3.63) is 35.1 Å². The van der Waals surface area contributed by atoms with Gasteiger partial charge in [0.1, 0.15) is 10.6 Å². The standard InChI is InChI=1S/C15H17N3O2S/c1-15(2,3)20-14(19)18-8-11-12(9-18)21-13(17-11)10-5-4-6-16-7-10/h4-7H,8-9H2,1-3H3. The first-order valence-electron chi connectivity index (χ1n) is 6.79. The molecule has 2 aromatic heterocycles. The van der Waals surface area contributed by atoms with Crippen molar-refractivity contribution >= 4 is 17.4 Å². The smallest absolute Gasteiger partial charge is 0.410 e. The Kier molecular flexibility index (Phi) is 3.41. The molecule has 1 amide bonds. The van der Waals surface area contributed by atoms with Crippen LogP contribution in [0.2, 0.25) is 0 Å². The number of carbonyl (C=O) groups excluding carboxylic acids is 1. The first kappa shape index (κ1) is 14.0. The van der Waals surface area contributed by atoms with Crippen LogP contribution in [0.3, 0.4) is 0 Å². The van der Waals surface area contributed by atoms with Gasteiger partial charge >= 0.3 is 6.09 Å². The van der Waals surface area contributed by atoms with E-state index in [0.717, 1.165) is 21.1 Å². The van der Waals surface area contributed by atoms with Crippen molar-refractivity contribution in [1.82, 2.24) is 14.9 Å². The topological polar surface area (TPSA) is 55.3 Å². The van der Waals surface area contributed by atoms with Gasteiger partial charge in [0.25, 0.3) is 0 Å². The highest BCUT2D eigenvalue weighted by molar-refractivity contribution is 7.15. The van der Waals surface area contributed by atoms with Crippen LogP contribution < -0.4 is 0 Å². The largest absolute Gasteiger partial charge is 0.444 e. The summed E-state index contributed by atoms with van der Waals surface area (Å²) in [6.45, 7) is 6.70. The van der Waals surface area contributed by atoms with Crippen LogP contribution in [-0.4, -0.2) is 26.6 Å². The van der Waals surface area contributed by atoms with Gasteiger partial charge in [-0.1, -0.05) is 0 Å². The van der Waals surface area contributed by atoms with Gasteiger partial charge in [0.15, 0.2) is 0 Å². The molecule has 0 radical (unpaired) electrons. The molecule has 3 heterocycles. The molecule has 0 spiro atoms. The number of rotatable bonds is 1. The summed E-state index contributed by atoms with van der Waals surface area (Å²) in [4.78, 5) is 23.6. The van der Waals surface area contributed by atoms with Crippen LogP contribution in [0, 0.1) is 0 Å². The number of hydrogen-bond acceptors (Lipinski definition) is 5. The number of aromatic nitrogens is 2. The third-order valence-electron chi connectivity index (χ3n) is 3.01. The van der Waals surface area contributed by atoms with Gasteiger partial charge in [-0.3, -0.25) is 9.88 Å². The van der Waals surface area contributed by atoms with Gasteiger partial charge in [0.05, 0.1) is 18.8 Å². The Labute approximate surface area is 127 Å². The van der Waals surface area contributed by atoms with E-state index in [4.69, 9.17) is 4.74 Å². The Hall–Kier alpha value is -1.95. The molecule has 110 valence electrons. The van der Waals surface area contributed by atoms with Crippen molar-refractivity contribution in [1.29, 1.82) is 0 Å². The Morgan fingerprint density at radius 2 is 2.19 bits per heavy atom. The van der Waals surface area contributed by atoms with Gasteiger partial charge in [0, 0.05) is 22.8 Å². The second-order valence-electron chi connectivity index (χ2n) is 5.97. The van der Waals surface area contributed by atoms with E-state index in [1.807, 2.05) is 32.9 Å². The Bertz CT molecular complexity index is 638. The van der Waals surface area contributed by atoms with Crippen LogP contribution in [0.5, 0.6) is 0 Å². The minimum atomic E-state index is -0.471. The summed E-state index contributed by atoms with van der Waals surface area (Å²) < 4.78 is 5.39. The van der Waals surface area contributed by atoms with Crippen LogP contribution in [0.15, 0.2) is 24.5 Å². The molecule has 0 unspecified atom stereocenters. The molecular formula is C15H17N3O2S. The fourth-order valence-electron chi connectivity index (χ4n) is 2.11. The van der Waals surface area contributed by atoms with Gasteiger partial charge in [-0.2, -0.15) is 0 Å². The number of pyridine rings is 1. The monoisotopic (exact) mass is 303 g/mol. The number of nitrogens with zero attached hydrogens (tertiary/aromatic N) is 3. The van der Waals surface area contributed by atoms with E-state index in [0.29, 0.717) is 13.1 Å². The number of hydrogen-bond donors (Lipinski definition) is 0. The lowest BCUT2D eigenvalue weighted by Gasteiger charge is -2.24. The van der Waals surface area contributed by atoms with Crippen molar-refractivity contribution in [3.63, 3.8) is 0 Å². The molecule has 6 heteroatoms. The number of thiazole rings is 1. The molecule has 0 aliphatic carbocycles. The van der Waals surface area contributed by atoms with Crippen LogP contribution >= 0.6 is 11.3 Å². The molecule has 0 atom stereocenters. The number of fused-ring (bicyclic) bond motifs is 1. The molecule has 1 aliphatic rings. The molecule has 0 saturated heterocycles.